The molecule has 0 saturated heterocycles. The maximum absolute atomic E-state index is 14.0. The Balaban J connectivity index is 2.02. The smallest absolute Gasteiger partial charge is 0.189 e. The van der Waals surface area contributed by atoms with E-state index < -0.39 is 23.1 Å². The second-order valence-electron chi connectivity index (χ2n) is 7.83. The van der Waals surface area contributed by atoms with Crippen molar-refractivity contribution >= 4 is 29.8 Å². The van der Waals surface area contributed by atoms with E-state index in [9.17, 15) is 19.1 Å². The predicted octanol–water partition coefficient (Wildman–Crippen LogP) is 5.51. The van der Waals surface area contributed by atoms with Crippen molar-refractivity contribution in [2.45, 2.75) is 0 Å². The Morgan fingerprint density at radius 3 is 1.66 bits per heavy atom. The SMILES string of the molecule is COc1cccc(/C=C/C(=O)C(=Cc2ccc(O)c(F)c2)C(=O)/C=C/c2cccc(OC)c2OC)c1OC. The zero-order valence-electron chi connectivity index (χ0n) is 21.4. The summed E-state index contributed by atoms with van der Waals surface area (Å²) < 4.78 is 35.3. The molecule has 0 aliphatic carbocycles. The first-order valence-electron chi connectivity index (χ1n) is 11.4. The van der Waals surface area contributed by atoms with E-state index in [0.717, 1.165) is 12.1 Å². The number of carbonyl (C=O) groups excluding carboxylic acids is 2. The number of aromatic hydroxyl groups is 1. The normalized spacial score (nSPS) is 10.9. The van der Waals surface area contributed by atoms with Gasteiger partial charge in [0.25, 0.3) is 0 Å². The number of phenolic OH excluding ortho intramolecular Hbond substituents is 1. The van der Waals surface area contributed by atoms with Crippen LogP contribution in [0.2, 0.25) is 0 Å². The fourth-order valence-corrected chi connectivity index (χ4v) is 3.64. The third-order valence-electron chi connectivity index (χ3n) is 5.51. The first-order chi connectivity index (χ1) is 18.3. The highest BCUT2D eigenvalue weighted by Crippen LogP contribution is 2.33. The molecule has 3 aromatic carbocycles. The molecule has 3 aromatic rings. The van der Waals surface area contributed by atoms with Crippen molar-refractivity contribution in [1.82, 2.24) is 0 Å². The number of hydrogen-bond acceptors (Lipinski definition) is 7. The van der Waals surface area contributed by atoms with Crippen molar-refractivity contribution in [2.24, 2.45) is 0 Å². The Morgan fingerprint density at radius 2 is 1.24 bits per heavy atom. The molecule has 0 radical (unpaired) electrons. The quantitative estimate of drug-likeness (QED) is 0.203. The topological polar surface area (TPSA) is 91.3 Å². The summed E-state index contributed by atoms with van der Waals surface area (Å²) in [6.45, 7) is 0. The number of para-hydroxylation sites is 2. The Bertz CT molecular complexity index is 1340. The molecule has 0 aliphatic heterocycles. The zero-order valence-corrected chi connectivity index (χ0v) is 21.4. The van der Waals surface area contributed by atoms with E-state index in [0.29, 0.717) is 34.1 Å². The van der Waals surface area contributed by atoms with Crippen molar-refractivity contribution in [3.8, 4) is 28.7 Å². The van der Waals surface area contributed by atoms with Gasteiger partial charge < -0.3 is 24.1 Å². The average Bonchev–Trinajstić information content (AvgIpc) is 2.94. The lowest BCUT2D eigenvalue weighted by Crippen LogP contribution is -2.09. The van der Waals surface area contributed by atoms with E-state index in [1.807, 2.05) is 0 Å². The summed E-state index contributed by atoms with van der Waals surface area (Å²) in [7, 11) is 5.94. The van der Waals surface area contributed by atoms with Gasteiger partial charge in [-0.15, -0.1) is 0 Å². The summed E-state index contributed by atoms with van der Waals surface area (Å²) in [5.74, 6) is -0.899. The molecule has 0 aromatic heterocycles. The largest absolute Gasteiger partial charge is 0.505 e. The molecule has 0 aliphatic rings. The predicted molar refractivity (Wildman–Crippen MR) is 143 cm³/mol. The monoisotopic (exact) mass is 518 g/mol. The number of ketones is 2. The lowest BCUT2D eigenvalue weighted by Gasteiger charge is -2.10. The number of rotatable bonds is 11. The Labute approximate surface area is 220 Å². The maximum Gasteiger partial charge on any atom is 0.189 e. The van der Waals surface area contributed by atoms with Crippen LogP contribution in [0.15, 0.2) is 72.3 Å². The van der Waals surface area contributed by atoms with Crippen LogP contribution < -0.4 is 18.9 Å². The summed E-state index contributed by atoms with van der Waals surface area (Å²) in [5, 5.41) is 9.50. The minimum atomic E-state index is -0.883. The molecule has 0 bridgehead atoms. The first kappa shape index (κ1) is 27.7. The lowest BCUT2D eigenvalue weighted by molar-refractivity contribution is -0.116. The molecule has 0 heterocycles. The van der Waals surface area contributed by atoms with Gasteiger partial charge in [0.15, 0.2) is 46.1 Å². The van der Waals surface area contributed by atoms with Crippen LogP contribution in [0.3, 0.4) is 0 Å². The molecule has 1 N–H and O–H groups in total. The molecule has 0 atom stereocenters. The van der Waals surface area contributed by atoms with Crippen molar-refractivity contribution in [1.29, 1.82) is 0 Å². The lowest BCUT2D eigenvalue weighted by atomic mass is 10.00. The van der Waals surface area contributed by atoms with Gasteiger partial charge in [-0.3, -0.25) is 9.59 Å². The molecule has 8 heteroatoms. The standard InChI is InChI=1S/C30H27FO7/c1-35-27-9-5-7-20(29(27)37-3)12-15-24(32)22(17-19-11-14-26(34)23(31)18-19)25(33)16-13-21-8-6-10-28(36-2)30(21)38-4/h5-18,34H,1-4H3/b15-12+,16-13+. The van der Waals surface area contributed by atoms with E-state index in [-0.39, 0.29) is 11.1 Å². The highest BCUT2D eigenvalue weighted by Gasteiger charge is 2.16. The molecular weight excluding hydrogens is 491 g/mol. The van der Waals surface area contributed by atoms with Crippen molar-refractivity contribution < 1.29 is 38.0 Å². The Hall–Kier alpha value is -4.85. The van der Waals surface area contributed by atoms with Gasteiger partial charge in [0.05, 0.1) is 34.0 Å². The second-order valence-corrected chi connectivity index (χ2v) is 7.83. The van der Waals surface area contributed by atoms with Gasteiger partial charge in [0.1, 0.15) is 0 Å². The van der Waals surface area contributed by atoms with Gasteiger partial charge in [0.2, 0.25) is 0 Å². The van der Waals surface area contributed by atoms with Crippen LogP contribution in [-0.4, -0.2) is 45.1 Å². The van der Waals surface area contributed by atoms with Gasteiger partial charge in [-0.2, -0.15) is 0 Å². The van der Waals surface area contributed by atoms with E-state index >= 15 is 0 Å². The number of methoxy groups -OCH3 is 4. The summed E-state index contributed by atoms with van der Waals surface area (Å²) >= 11 is 0. The van der Waals surface area contributed by atoms with Gasteiger partial charge in [-0.25, -0.2) is 4.39 Å². The van der Waals surface area contributed by atoms with E-state index in [2.05, 4.69) is 0 Å². The van der Waals surface area contributed by atoms with Crippen molar-refractivity contribution in [2.75, 3.05) is 28.4 Å². The highest BCUT2D eigenvalue weighted by molar-refractivity contribution is 6.31. The summed E-state index contributed by atoms with van der Waals surface area (Å²) in [6.07, 6.45) is 6.69. The third-order valence-corrected chi connectivity index (χ3v) is 5.51. The van der Waals surface area contributed by atoms with E-state index in [1.54, 1.807) is 36.4 Å². The Morgan fingerprint density at radius 1 is 0.737 bits per heavy atom. The number of phenols is 1. The van der Waals surface area contributed by atoms with Crippen molar-refractivity contribution in [3.05, 3.63) is 94.8 Å². The van der Waals surface area contributed by atoms with E-state index in [1.165, 1.54) is 64.9 Å². The van der Waals surface area contributed by atoms with Crippen LogP contribution in [0.5, 0.6) is 28.7 Å². The molecule has 0 fully saturated rings. The van der Waals surface area contributed by atoms with Crippen LogP contribution in [0.4, 0.5) is 4.39 Å². The number of carbonyl (C=O) groups is 2. The molecule has 0 unspecified atom stereocenters. The molecule has 196 valence electrons. The minimum Gasteiger partial charge on any atom is -0.505 e. The van der Waals surface area contributed by atoms with Gasteiger partial charge in [0, 0.05) is 11.1 Å². The molecular formula is C30H27FO7. The van der Waals surface area contributed by atoms with Gasteiger partial charge in [-0.1, -0.05) is 30.3 Å². The molecule has 0 saturated carbocycles. The molecule has 0 amide bonds. The summed E-state index contributed by atoms with van der Waals surface area (Å²) in [6, 6.07) is 13.9. The summed E-state index contributed by atoms with van der Waals surface area (Å²) in [4.78, 5) is 26.5. The maximum atomic E-state index is 14.0. The van der Waals surface area contributed by atoms with Gasteiger partial charge >= 0.3 is 0 Å². The number of hydrogen-bond donors (Lipinski definition) is 1. The molecule has 38 heavy (non-hydrogen) atoms. The molecule has 3 rings (SSSR count). The molecule has 7 nitrogen and oxygen atoms in total. The van der Waals surface area contributed by atoms with Gasteiger partial charge in [-0.05, 0) is 60.2 Å². The van der Waals surface area contributed by atoms with E-state index in [4.69, 9.17) is 18.9 Å². The fourth-order valence-electron chi connectivity index (χ4n) is 3.64. The number of halogens is 1. The Kier molecular flexibility index (Phi) is 9.42. The third kappa shape index (κ3) is 6.47. The highest BCUT2D eigenvalue weighted by atomic mass is 19.1. The van der Waals surface area contributed by atoms with Crippen molar-refractivity contribution in [3.63, 3.8) is 0 Å². The number of benzene rings is 3. The van der Waals surface area contributed by atoms with Crippen LogP contribution in [0.1, 0.15) is 16.7 Å². The second kappa shape index (κ2) is 12.9. The minimum absolute atomic E-state index is 0.219. The fraction of sp³-hybridized carbons (Fsp3) is 0.133. The van der Waals surface area contributed by atoms with Crippen LogP contribution in [0.25, 0.3) is 18.2 Å². The first-order valence-corrected chi connectivity index (χ1v) is 11.4. The molecule has 0 spiro atoms. The number of ether oxygens (including phenoxy) is 4. The zero-order chi connectivity index (χ0) is 27.7. The van der Waals surface area contributed by atoms with Crippen LogP contribution in [-0.2, 0) is 9.59 Å². The number of allylic oxidation sites excluding steroid dienone is 3. The average molecular weight is 519 g/mol. The van der Waals surface area contributed by atoms with Crippen LogP contribution >= 0.6 is 0 Å². The summed E-state index contributed by atoms with van der Waals surface area (Å²) in [5.41, 5.74) is 1.10. The van der Waals surface area contributed by atoms with Crippen LogP contribution in [0, 0.1) is 5.82 Å².